The van der Waals surface area contributed by atoms with E-state index in [1.165, 1.54) is 30.5 Å². The van der Waals surface area contributed by atoms with Crippen molar-refractivity contribution in [3.8, 4) is 0 Å². The Balaban J connectivity index is 2.23. The first kappa shape index (κ1) is 14.7. The van der Waals surface area contributed by atoms with Crippen molar-refractivity contribution >= 4 is 17.3 Å². The highest BCUT2D eigenvalue weighted by Crippen LogP contribution is 2.32. The Bertz CT molecular complexity index is 417. The molecule has 1 unspecified atom stereocenters. The second kappa shape index (κ2) is 6.62. The van der Waals surface area contributed by atoms with Gasteiger partial charge in [0.1, 0.15) is 0 Å². The van der Waals surface area contributed by atoms with Gasteiger partial charge in [0.2, 0.25) is 0 Å². The van der Waals surface area contributed by atoms with Crippen LogP contribution in [0.4, 0.5) is 5.69 Å². The molecule has 1 aliphatic heterocycles. The molecule has 0 spiro atoms. The maximum Gasteiger partial charge on any atom is 0.0429 e. The van der Waals surface area contributed by atoms with E-state index in [0.717, 1.165) is 18.1 Å². The minimum absolute atomic E-state index is 0.504. The molecule has 2 rings (SSSR count). The number of hydrogen-bond acceptors (Lipinski definition) is 2. The molecule has 1 fully saturated rings. The summed E-state index contributed by atoms with van der Waals surface area (Å²) >= 11 is 6.20. The molecule has 0 saturated carbocycles. The molecular weight excluding hydrogens is 256 g/mol. The van der Waals surface area contributed by atoms with Crippen molar-refractivity contribution in [2.75, 3.05) is 11.4 Å². The number of anilines is 1. The smallest absolute Gasteiger partial charge is 0.0429 e. The maximum absolute atomic E-state index is 6.20. The molecule has 0 aliphatic carbocycles. The predicted molar refractivity (Wildman–Crippen MR) is 84.1 cm³/mol. The summed E-state index contributed by atoms with van der Waals surface area (Å²) in [6.45, 7) is 8.71. The van der Waals surface area contributed by atoms with Gasteiger partial charge in [0.15, 0.2) is 0 Å². The Morgan fingerprint density at radius 1 is 1.42 bits per heavy atom. The Hall–Kier alpha value is -0.730. The van der Waals surface area contributed by atoms with E-state index in [2.05, 4.69) is 43.1 Å². The second-order valence-electron chi connectivity index (χ2n) is 5.71. The SMILES string of the molecule is CCC1CCCN1c1cc(Cl)ccc1CNC(C)C. The van der Waals surface area contributed by atoms with Gasteiger partial charge in [-0.05, 0) is 37.0 Å². The van der Waals surface area contributed by atoms with Gasteiger partial charge in [0.25, 0.3) is 0 Å². The van der Waals surface area contributed by atoms with E-state index in [9.17, 15) is 0 Å². The third-order valence-corrected chi connectivity index (χ3v) is 4.14. The number of nitrogens with one attached hydrogen (secondary N) is 1. The first-order valence-electron chi connectivity index (χ1n) is 7.40. The quantitative estimate of drug-likeness (QED) is 0.869. The van der Waals surface area contributed by atoms with Gasteiger partial charge in [-0.2, -0.15) is 0 Å². The fraction of sp³-hybridized carbons (Fsp3) is 0.625. The number of halogens is 1. The topological polar surface area (TPSA) is 15.3 Å². The molecule has 106 valence electrons. The van der Waals surface area contributed by atoms with Crippen molar-refractivity contribution in [1.29, 1.82) is 0 Å². The van der Waals surface area contributed by atoms with Crippen LogP contribution in [0.1, 0.15) is 45.6 Å². The summed E-state index contributed by atoms with van der Waals surface area (Å²) in [5, 5.41) is 4.35. The fourth-order valence-corrected chi connectivity index (χ4v) is 3.01. The number of hydrogen-bond donors (Lipinski definition) is 1. The van der Waals surface area contributed by atoms with Gasteiger partial charge in [-0.1, -0.05) is 38.4 Å². The summed E-state index contributed by atoms with van der Waals surface area (Å²) in [5.41, 5.74) is 2.68. The summed E-state index contributed by atoms with van der Waals surface area (Å²) < 4.78 is 0. The van der Waals surface area contributed by atoms with Gasteiger partial charge in [-0.25, -0.2) is 0 Å². The lowest BCUT2D eigenvalue weighted by Gasteiger charge is -2.28. The molecule has 1 atom stereocenters. The monoisotopic (exact) mass is 280 g/mol. The van der Waals surface area contributed by atoms with Crippen molar-refractivity contribution in [1.82, 2.24) is 5.32 Å². The summed E-state index contributed by atoms with van der Waals surface area (Å²) in [4.78, 5) is 2.54. The van der Waals surface area contributed by atoms with Crippen LogP contribution < -0.4 is 10.2 Å². The number of rotatable bonds is 5. The van der Waals surface area contributed by atoms with Crippen molar-refractivity contribution in [3.63, 3.8) is 0 Å². The highest BCUT2D eigenvalue weighted by Gasteiger charge is 2.24. The zero-order valence-electron chi connectivity index (χ0n) is 12.2. The van der Waals surface area contributed by atoms with Gasteiger partial charge in [0, 0.05) is 35.9 Å². The Kier molecular flexibility index (Phi) is 5.12. The first-order valence-corrected chi connectivity index (χ1v) is 7.78. The molecule has 0 aromatic heterocycles. The van der Waals surface area contributed by atoms with Crippen LogP contribution in [0.15, 0.2) is 18.2 Å². The standard InChI is InChI=1S/C16H25ClN2/c1-4-15-6-5-9-19(15)16-10-14(17)8-7-13(16)11-18-12(2)3/h7-8,10,12,15,18H,4-6,9,11H2,1-3H3. The molecule has 3 heteroatoms. The van der Waals surface area contributed by atoms with Crippen molar-refractivity contribution < 1.29 is 0 Å². The number of benzene rings is 1. The van der Waals surface area contributed by atoms with E-state index in [0.29, 0.717) is 12.1 Å². The molecule has 1 N–H and O–H groups in total. The zero-order valence-corrected chi connectivity index (χ0v) is 13.0. The third-order valence-electron chi connectivity index (χ3n) is 3.91. The third kappa shape index (κ3) is 3.64. The van der Waals surface area contributed by atoms with E-state index < -0.39 is 0 Å². The minimum Gasteiger partial charge on any atom is -0.368 e. The van der Waals surface area contributed by atoms with E-state index in [4.69, 9.17) is 11.6 Å². The fourth-order valence-electron chi connectivity index (χ4n) is 2.85. The van der Waals surface area contributed by atoms with Crippen LogP contribution in [-0.4, -0.2) is 18.6 Å². The lowest BCUT2D eigenvalue weighted by Crippen LogP contribution is -2.30. The largest absolute Gasteiger partial charge is 0.368 e. The lowest BCUT2D eigenvalue weighted by atomic mass is 10.1. The van der Waals surface area contributed by atoms with Crippen LogP contribution in [-0.2, 0) is 6.54 Å². The van der Waals surface area contributed by atoms with E-state index >= 15 is 0 Å². The molecule has 1 aliphatic rings. The molecule has 1 aromatic rings. The molecule has 1 saturated heterocycles. The number of nitrogens with zero attached hydrogens (tertiary/aromatic N) is 1. The molecular formula is C16H25ClN2. The van der Waals surface area contributed by atoms with Crippen LogP contribution in [0.2, 0.25) is 5.02 Å². The summed E-state index contributed by atoms with van der Waals surface area (Å²) in [6, 6.07) is 7.48. The molecule has 0 bridgehead atoms. The van der Waals surface area contributed by atoms with Crippen LogP contribution in [0.5, 0.6) is 0 Å². The normalized spacial score (nSPS) is 19.4. The predicted octanol–water partition coefficient (Wildman–Crippen LogP) is 4.22. The summed E-state index contributed by atoms with van der Waals surface area (Å²) in [6.07, 6.45) is 3.81. The highest BCUT2D eigenvalue weighted by atomic mass is 35.5. The first-order chi connectivity index (χ1) is 9.11. The van der Waals surface area contributed by atoms with E-state index in [-0.39, 0.29) is 0 Å². The average molecular weight is 281 g/mol. The zero-order chi connectivity index (χ0) is 13.8. The van der Waals surface area contributed by atoms with Crippen LogP contribution >= 0.6 is 11.6 Å². The minimum atomic E-state index is 0.504. The van der Waals surface area contributed by atoms with Gasteiger partial charge >= 0.3 is 0 Å². The molecule has 0 amide bonds. The van der Waals surface area contributed by atoms with Crippen LogP contribution in [0, 0.1) is 0 Å². The van der Waals surface area contributed by atoms with Crippen molar-refractivity contribution in [2.45, 2.75) is 58.7 Å². The maximum atomic E-state index is 6.20. The van der Waals surface area contributed by atoms with Crippen LogP contribution in [0.25, 0.3) is 0 Å². The summed E-state index contributed by atoms with van der Waals surface area (Å²) in [7, 11) is 0. The van der Waals surface area contributed by atoms with Gasteiger partial charge in [-0.15, -0.1) is 0 Å². The van der Waals surface area contributed by atoms with Crippen molar-refractivity contribution in [3.05, 3.63) is 28.8 Å². The Morgan fingerprint density at radius 2 is 2.21 bits per heavy atom. The Labute approximate surface area is 122 Å². The van der Waals surface area contributed by atoms with Gasteiger partial charge in [-0.3, -0.25) is 0 Å². The van der Waals surface area contributed by atoms with Gasteiger partial charge in [0.05, 0.1) is 0 Å². The second-order valence-corrected chi connectivity index (χ2v) is 6.14. The molecule has 0 radical (unpaired) electrons. The molecule has 2 nitrogen and oxygen atoms in total. The van der Waals surface area contributed by atoms with Crippen molar-refractivity contribution in [2.24, 2.45) is 0 Å². The van der Waals surface area contributed by atoms with E-state index in [1.807, 2.05) is 6.07 Å². The average Bonchev–Trinajstić information content (AvgIpc) is 2.85. The van der Waals surface area contributed by atoms with Crippen LogP contribution in [0.3, 0.4) is 0 Å². The van der Waals surface area contributed by atoms with E-state index in [1.54, 1.807) is 0 Å². The Morgan fingerprint density at radius 3 is 2.89 bits per heavy atom. The molecule has 19 heavy (non-hydrogen) atoms. The lowest BCUT2D eigenvalue weighted by molar-refractivity contribution is 0.585. The van der Waals surface area contributed by atoms with Gasteiger partial charge < -0.3 is 10.2 Å². The highest BCUT2D eigenvalue weighted by molar-refractivity contribution is 6.30. The molecule has 1 aromatic carbocycles. The summed E-state index contributed by atoms with van der Waals surface area (Å²) in [5.74, 6) is 0. The molecule has 1 heterocycles.